The Bertz CT molecular complexity index is 432. The second-order valence-electron chi connectivity index (χ2n) is 5.03. The van der Waals surface area contributed by atoms with Crippen LogP contribution in [0.25, 0.3) is 0 Å². The van der Waals surface area contributed by atoms with E-state index in [1.165, 1.54) is 0 Å². The Balaban J connectivity index is 1.65. The van der Waals surface area contributed by atoms with E-state index in [-0.39, 0.29) is 11.8 Å². The summed E-state index contributed by atoms with van der Waals surface area (Å²) < 4.78 is 7.01. The molecule has 20 heavy (non-hydrogen) atoms. The molecule has 1 aromatic rings. The van der Waals surface area contributed by atoms with E-state index in [0.29, 0.717) is 18.1 Å². The number of hydrogen-bond donors (Lipinski definition) is 1. The molecule has 6 nitrogen and oxygen atoms in total. The molecule has 0 bridgehead atoms. The van der Waals surface area contributed by atoms with Gasteiger partial charge >= 0.3 is 0 Å². The molecule has 1 aliphatic heterocycles. The third kappa shape index (κ3) is 4.77. The first-order chi connectivity index (χ1) is 9.65. The minimum absolute atomic E-state index is 0.0192. The monoisotopic (exact) mass is 300 g/mol. The summed E-state index contributed by atoms with van der Waals surface area (Å²) in [7, 11) is 0. The molecule has 2 rings (SSSR count). The van der Waals surface area contributed by atoms with Crippen molar-refractivity contribution in [1.29, 1.82) is 0 Å². The summed E-state index contributed by atoms with van der Waals surface area (Å²) >= 11 is 5.77. The minimum atomic E-state index is -0.0192. The molecule has 1 aliphatic rings. The van der Waals surface area contributed by atoms with Gasteiger partial charge in [-0.2, -0.15) is 5.10 Å². The van der Waals surface area contributed by atoms with Gasteiger partial charge in [0.2, 0.25) is 5.91 Å². The van der Waals surface area contributed by atoms with Crippen LogP contribution in [-0.4, -0.2) is 60.0 Å². The number of nitrogens with one attached hydrogen (secondary N) is 1. The zero-order chi connectivity index (χ0) is 14.4. The molecule has 1 saturated heterocycles. The topological polar surface area (TPSA) is 59.4 Å². The number of hydrogen-bond acceptors (Lipinski definition) is 4. The first-order valence-corrected chi connectivity index (χ1v) is 7.28. The highest BCUT2D eigenvalue weighted by atomic mass is 35.5. The fraction of sp³-hybridized carbons (Fsp3) is 0.692. The third-order valence-electron chi connectivity index (χ3n) is 3.33. The predicted octanol–water partition coefficient (Wildman–Crippen LogP) is 0.621. The Labute approximate surface area is 124 Å². The Hall–Kier alpha value is -1.11. The molecule has 7 heteroatoms. The second-order valence-corrected chi connectivity index (χ2v) is 5.46. The van der Waals surface area contributed by atoms with E-state index in [1.54, 1.807) is 17.1 Å². The van der Waals surface area contributed by atoms with E-state index >= 15 is 0 Å². The molecule has 0 saturated carbocycles. The largest absolute Gasteiger partial charge is 0.379 e. The lowest BCUT2D eigenvalue weighted by Crippen LogP contribution is -2.43. The van der Waals surface area contributed by atoms with Crippen LogP contribution in [0.2, 0.25) is 5.02 Å². The van der Waals surface area contributed by atoms with Crippen LogP contribution in [0.1, 0.15) is 6.92 Å². The van der Waals surface area contributed by atoms with Crippen LogP contribution in [-0.2, 0) is 16.1 Å². The summed E-state index contributed by atoms with van der Waals surface area (Å²) in [6.07, 6.45) is 3.33. The van der Waals surface area contributed by atoms with Crippen LogP contribution in [0.15, 0.2) is 12.4 Å². The fourth-order valence-electron chi connectivity index (χ4n) is 2.18. The van der Waals surface area contributed by atoms with Crippen molar-refractivity contribution < 1.29 is 9.53 Å². The average Bonchev–Trinajstić information content (AvgIpc) is 2.85. The van der Waals surface area contributed by atoms with Crippen molar-refractivity contribution in [3.05, 3.63) is 17.4 Å². The lowest BCUT2D eigenvalue weighted by atomic mass is 10.1. The molecule has 1 amide bonds. The highest BCUT2D eigenvalue weighted by molar-refractivity contribution is 6.30. The van der Waals surface area contributed by atoms with Gasteiger partial charge in [0.05, 0.1) is 31.0 Å². The standard InChI is InChI=1S/C13H21ClN4O2/c1-11(9-17-4-6-20-7-5-17)13(19)15-2-3-18-10-12(14)8-16-18/h8,10-11H,2-7,9H2,1H3,(H,15,19). The number of ether oxygens (including phenoxy) is 1. The number of amides is 1. The van der Waals surface area contributed by atoms with Crippen LogP contribution < -0.4 is 5.32 Å². The summed E-state index contributed by atoms with van der Waals surface area (Å²) in [5, 5.41) is 7.60. The van der Waals surface area contributed by atoms with Crippen molar-refractivity contribution in [3.63, 3.8) is 0 Å². The van der Waals surface area contributed by atoms with Gasteiger partial charge in [-0.05, 0) is 0 Å². The van der Waals surface area contributed by atoms with Gasteiger partial charge in [-0.3, -0.25) is 14.4 Å². The van der Waals surface area contributed by atoms with Crippen molar-refractivity contribution in [2.24, 2.45) is 5.92 Å². The van der Waals surface area contributed by atoms with Crippen LogP contribution in [0.4, 0.5) is 0 Å². The summed E-state index contributed by atoms with van der Waals surface area (Å²) in [4.78, 5) is 14.3. The Morgan fingerprint density at radius 2 is 2.30 bits per heavy atom. The molecule has 112 valence electrons. The van der Waals surface area contributed by atoms with Crippen molar-refractivity contribution >= 4 is 17.5 Å². The van der Waals surface area contributed by atoms with Crippen molar-refractivity contribution in [2.45, 2.75) is 13.5 Å². The smallest absolute Gasteiger partial charge is 0.224 e. The maximum absolute atomic E-state index is 12.0. The van der Waals surface area contributed by atoms with E-state index in [4.69, 9.17) is 16.3 Å². The normalized spacial score (nSPS) is 17.9. The van der Waals surface area contributed by atoms with Gasteiger partial charge in [0, 0.05) is 38.3 Å². The maximum atomic E-state index is 12.0. The number of rotatable bonds is 6. The van der Waals surface area contributed by atoms with E-state index in [9.17, 15) is 4.79 Å². The summed E-state index contributed by atoms with van der Waals surface area (Å²) in [6.45, 7) is 7.25. The SMILES string of the molecule is CC(CN1CCOCC1)C(=O)NCCn1cc(Cl)cn1. The zero-order valence-corrected chi connectivity index (χ0v) is 12.5. The molecular formula is C13H21ClN4O2. The van der Waals surface area contributed by atoms with Crippen LogP contribution >= 0.6 is 11.6 Å². The number of carbonyl (C=O) groups excluding carboxylic acids is 1. The molecule has 0 aromatic carbocycles. The Morgan fingerprint density at radius 1 is 1.55 bits per heavy atom. The maximum Gasteiger partial charge on any atom is 0.224 e. The molecule has 1 fully saturated rings. The first kappa shape index (κ1) is 15.3. The van der Waals surface area contributed by atoms with Gasteiger partial charge in [-0.15, -0.1) is 0 Å². The number of nitrogens with zero attached hydrogens (tertiary/aromatic N) is 3. The second kappa shape index (κ2) is 7.61. The highest BCUT2D eigenvalue weighted by Crippen LogP contribution is 2.05. The van der Waals surface area contributed by atoms with Crippen molar-refractivity contribution in [3.8, 4) is 0 Å². The first-order valence-electron chi connectivity index (χ1n) is 6.91. The molecule has 1 unspecified atom stereocenters. The van der Waals surface area contributed by atoms with Crippen molar-refractivity contribution in [2.75, 3.05) is 39.4 Å². The Morgan fingerprint density at radius 3 is 2.95 bits per heavy atom. The van der Waals surface area contributed by atoms with Crippen LogP contribution in [0, 0.1) is 5.92 Å². The van der Waals surface area contributed by atoms with Gasteiger partial charge < -0.3 is 10.1 Å². The van der Waals surface area contributed by atoms with Gasteiger partial charge in [0.1, 0.15) is 0 Å². The van der Waals surface area contributed by atoms with Gasteiger partial charge in [0.15, 0.2) is 0 Å². The lowest BCUT2D eigenvalue weighted by Gasteiger charge is -2.28. The average molecular weight is 301 g/mol. The third-order valence-corrected chi connectivity index (χ3v) is 3.52. The van der Waals surface area contributed by atoms with E-state index in [2.05, 4.69) is 15.3 Å². The summed E-state index contributed by atoms with van der Waals surface area (Å²) in [6, 6.07) is 0. The van der Waals surface area contributed by atoms with Crippen LogP contribution in [0.3, 0.4) is 0 Å². The highest BCUT2D eigenvalue weighted by Gasteiger charge is 2.18. The molecule has 2 heterocycles. The van der Waals surface area contributed by atoms with E-state index in [1.807, 2.05) is 6.92 Å². The molecule has 1 atom stereocenters. The van der Waals surface area contributed by atoms with Crippen molar-refractivity contribution in [1.82, 2.24) is 20.0 Å². The molecule has 0 radical (unpaired) electrons. The number of halogens is 1. The number of carbonyl (C=O) groups is 1. The summed E-state index contributed by atoms with van der Waals surface area (Å²) in [5.41, 5.74) is 0. The predicted molar refractivity (Wildman–Crippen MR) is 76.7 cm³/mol. The molecule has 1 aromatic heterocycles. The lowest BCUT2D eigenvalue weighted by molar-refractivity contribution is -0.125. The quantitative estimate of drug-likeness (QED) is 0.837. The van der Waals surface area contributed by atoms with Gasteiger partial charge in [-0.1, -0.05) is 18.5 Å². The zero-order valence-electron chi connectivity index (χ0n) is 11.7. The van der Waals surface area contributed by atoms with Gasteiger partial charge in [-0.25, -0.2) is 0 Å². The minimum Gasteiger partial charge on any atom is -0.379 e. The number of morpholine rings is 1. The molecule has 0 aliphatic carbocycles. The van der Waals surface area contributed by atoms with E-state index < -0.39 is 0 Å². The fourth-order valence-corrected chi connectivity index (χ4v) is 2.34. The number of aromatic nitrogens is 2. The molecule has 0 spiro atoms. The van der Waals surface area contributed by atoms with Gasteiger partial charge in [0.25, 0.3) is 0 Å². The molecular weight excluding hydrogens is 280 g/mol. The summed E-state index contributed by atoms with van der Waals surface area (Å²) in [5.74, 6) is 0.0593. The Kier molecular flexibility index (Phi) is 5.82. The molecule has 1 N–H and O–H groups in total. The van der Waals surface area contributed by atoms with Crippen LogP contribution in [0.5, 0.6) is 0 Å². The van der Waals surface area contributed by atoms with E-state index in [0.717, 1.165) is 32.8 Å².